The molecule has 1 N–H and O–H groups in total. The van der Waals surface area contributed by atoms with Crippen LogP contribution in [-0.4, -0.2) is 5.11 Å². The molecule has 0 radical (unpaired) electrons. The Kier molecular flexibility index (Phi) is 4.25. The number of halogens is 3. The smallest absolute Gasteiger partial charge is 0.123 e. The van der Waals surface area contributed by atoms with Crippen molar-refractivity contribution in [1.29, 1.82) is 0 Å². The summed E-state index contributed by atoms with van der Waals surface area (Å²) in [4.78, 5) is 0. The number of aliphatic hydroxyl groups excluding tert-OH is 1. The summed E-state index contributed by atoms with van der Waals surface area (Å²) in [6.07, 6.45) is -0.870. The van der Waals surface area contributed by atoms with E-state index >= 15 is 0 Å². The third-order valence-electron chi connectivity index (χ3n) is 2.63. The first-order valence-corrected chi connectivity index (χ1v) is 6.83. The highest BCUT2D eigenvalue weighted by molar-refractivity contribution is 14.1. The van der Waals surface area contributed by atoms with Gasteiger partial charge in [0.2, 0.25) is 0 Å². The fraction of sp³-hybridized carbons (Fsp3) is 0.143. The Labute approximate surface area is 124 Å². The van der Waals surface area contributed by atoms with E-state index in [0.29, 0.717) is 16.1 Å². The molecule has 0 aliphatic rings. The predicted octanol–water partition coefficient (Wildman–Crippen LogP) is 4.47. The van der Waals surface area contributed by atoms with Crippen molar-refractivity contribution in [3.8, 4) is 0 Å². The minimum atomic E-state index is -0.870. The molecule has 1 atom stereocenters. The van der Waals surface area contributed by atoms with Gasteiger partial charge < -0.3 is 5.11 Å². The molecule has 0 saturated heterocycles. The van der Waals surface area contributed by atoms with Gasteiger partial charge in [-0.2, -0.15) is 0 Å². The summed E-state index contributed by atoms with van der Waals surface area (Å²) in [5.74, 6) is -0.346. The van der Waals surface area contributed by atoms with Gasteiger partial charge in [0.25, 0.3) is 0 Å². The van der Waals surface area contributed by atoms with Gasteiger partial charge in [-0.15, -0.1) is 0 Å². The van der Waals surface area contributed by atoms with Gasteiger partial charge in [-0.05, 0) is 76.5 Å². The standard InChI is InChI=1S/C14H11ClFIO/c1-8-4-9(6-11(16)5-8)14(18)12-7-10(15)2-3-13(12)17/h2-7,14,18H,1H3. The number of aliphatic hydroxyl groups is 1. The lowest BCUT2D eigenvalue weighted by Crippen LogP contribution is -2.03. The molecule has 2 rings (SSSR count). The van der Waals surface area contributed by atoms with Crippen LogP contribution in [0.15, 0.2) is 36.4 Å². The molecule has 4 heteroatoms. The maximum atomic E-state index is 13.3. The third kappa shape index (κ3) is 3.02. The molecule has 2 aromatic carbocycles. The Morgan fingerprint density at radius 1 is 1.22 bits per heavy atom. The van der Waals surface area contributed by atoms with Gasteiger partial charge in [0.05, 0.1) is 0 Å². The lowest BCUT2D eigenvalue weighted by atomic mass is 10.00. The summed E-state index contributed by atoms with van der Waals surface area (Å²) in [6.45, 7) is 1.79. The van der Waals surface area contributed by atoms with Crippen LogP contribution in [0.2, 0.25) is 5.02 Å². The molecule has 1 nitrogen and oxygen atoms in total. The predicted molar refractivity (Wildman–Crippen MR) is 79.4 cm³/mol. The Morgan fingerprint density at radius 3 is 2.61 bits per heavy atom. The highest BCUT2D eigenvalue weighted by Crippen LogP contribution is 2.29. The molecule has 0 fully saturated rings. The van der Waals surface area contributed by atoms with Crippen LogP contribution in [0.5, 0.6) is 0 Å². The van der Waals surface area contributed by atoms with Crippen molar-refractivity contribution < 1.29 is 9.50 Å². The molecule has 18 heavy (non-hydrogen) atoms. The van der Waals surface area contributed by atoms with Crippen LogP contribution in [0.4, 0.5) is 4.39 Å². The van der Waals surface area contributed by atoms with E-state index in [1.54, 1.807) is 25.1 Å². The molecule has 0 aliphatic heterocycles. The average molecular weight is 377 g/mol. The lowest BCUT2D eigenvalue weighted by Gasteiger charge is -2.14. The lowest BCUT2D eigenvalue weighted by molar-refractivity contribution is 0.219. The van der Waals surface area contributed by atoms with Gasteiger partial charge in [0.15, 0.2) is 0 Å². The van der Waals surface area contributed by atoms with E-state index in [4.69, 9.17) is 11.6 Å². The minimum absolute atomic E-state index is 0.346. The first-order valence-electron chi connectivity index (χ1n) is 5.37. The van der Waals surface area contributed by atoms with E-state index in [1.807, 2.05) is 6.07 Å². The van der Waals surface area contributed by atoms with E-state index in [-0.39, 0.29) is 5.82 Å². The van der Waals surface area contributed by atoms with Gasteiger partial charge in [0.1, 0.15) is 11.9 Å². The highest BCUT2D eigenvalue weighted by atomic mass is 127. The number of aryl methyl sites for hydroxylation is 1. The van der Waals surface area contributed by atoms with E-state index in [1.165, 1.54) is 12.1 Å². The summed E-state index contributed by atoms with van der Waals surface area (Å²) in [5, 5.41) is 10.9. The fourth-order valence-corrected chi connectivity index (χ4v) is 2.64. The third-order valence-corrected chi connectivity index (χ3v) is 3.85. The fourth-order valence-electron chi connectivity index (χ4n) is 1.83. The Hall–Kier alpha value is -0.650. The van der Waals surface area contributed by atoms with E-state index in [2.05, 4.69) is 22.6 Å². The van der Waals surface area contributed by atoms with Crippen LogP contribution in [0.25, 0.3) is 0 Å². The topological polar surface area (TPSA) is 20.2 Å². The maximum Gasteiger partial charge on any atom is 0.123 e. The van der Waals surface area contributed by atoms with Crippen molar-refractivity contribution in [2.45, 2.75) is 13.0 Å². The summed E-state index contributed by atoms with van der Waals surface area (Å²) >= 11 is 8.05. The second-order valence-corrected chi connectivity index (χ2v) is 5.73. The maximum absolute atomic E-state index is 13.3. The van der Waals surface area contributed by atoms with Crippen LogP contribution >= 0.6 is 34.2 Å². The second kappa shape index (κ2) is 5.55. The van der Waals surface area contributed by atoms with Crippen molar-refractivity contribution in [1.82, 2.24) is 0 Å². The largest absolute Gasteiger partial charge is 0.384 e. The Bertz CT molecular complexity index is 566. The molecule has 0 aromatic heterocycles. The Balaban J connectivity index is 2.47. The normalized spacial score (nSPS) is 12.5. The minimum Gasteiger partial charge on any atom is -0.384 e. The molecular formula is C14H11ClFIO. The first-order chi connectivity index (χ1) is 8.47. The monoisotopic (exact) mass is 376 g/mol. The van der Waals surface area contributed by atoms with Crippen LogP contribution in [0.3, 0.4) is 0 Å². The zero-order valence-electron chi connectivity index (χ0n) is 9.62. The van der Waals surface area contributed by atoms with E-state index in [9.17, 15) is 9.50 Å². The number of rotatable bonds is 2. The van der Waals surface area contributed by atoms with Crippen LogP contribution in [0.1, 0.15) is 22.8 Å². The van der Waals surface area contributed by atoms with Crippen LogP contribution in [-0.2, 0) is 0 Å². The summed E-state index contributed by atoms with van der Waals surface area (Å²) in [5.41, 5.74) is 2.00. The van der Waals surface area contributed by atoms with Crippen molar-refractivity contribution in [3.63, 3.8) is 0 Å². The summed E-state index contributed by atoms with van der Waals surface area (Å²) < 4.78 is 14.2. The molecule has 0 spiro atoms. The highest BCUT2D eigenvalue weighted by Gasteiger charge is 2.15. The molecule has 0 bridgehead atoms. The van der Waals surface area contributed by atoms with Gasteiger partial charge in [-0.1, -0.05) is 17.7 Å². The van der Waals surface area contributed by atoms with Gasteiger partial charge in [-0.25, -0.2) is 4.39 Å². The van der Waals surface area contributed by atoms with Crippen molar-refractivity contribution in [2.24, 2.45) is 0 Å². The molecule has 0 saturated carbocycles. The van der Waals surface area contributed by atoms with Crippen molar-refractivity contribution in [2.75, 3.05) is 0 Å². The van der Waals surface area contributed by atoms with Gasteiger partial charge in [0, 0.05) is 8.59 Å². The molecule has 0 heterocycles. The van der Waals surface area contributed by atoms with Gasteiger partial charge >= 0.3 is 0 Å². The zero-order valence-corrected chi connectivity index (χ0v) is 12.5. The molecule has 2 aromatic rings. The van der Waals surface area contributed by atoms with Crippen molar-refractivity contribution in [3.05, 3.63) is 67.5 Å². The zero-order chi connectivity index (χ0) is 13.3. The quantitative estimate of drug-likeness (QED) is 0.767. The van der Waals surface area contributed by atoms with E-state index < -0.39 is 6.10 Å². The average Bonchev–Trinajstić information content (AvgIpc) is 2.30. The number of benzene rings is 2. The molecule has 94 valence electrons. The molecular weight excluding hydrogens is 366 g/mol. The molecule has 0 amide bonds. The van der Waals surface area contributed by atoms with Crippen LogP contribution in [0, 0.1) is 16.3 Å². The Morgan fingerprint density at radius 2 is 1.94 bits per heavy atom. The van der Waals surface area contributed by atoms with Gasteiger partial charge in [-0.3, -0.25) is 0 Å². The number of hydrogen-bond donors (Lipinski definition) is 1. The first kappa shape index (κ1) is 13.8. The van der Waals surface area contributed by atoms with Crippen LogP contribution < -0.4 is 0 Å². The SMILES string of the molecule is Cc1cc(F)cc(C(O)c2cc(Cl)ccc2I)c1. The van der Waals surface area contributed by atoms with Crippen molar-refractivity contribution >= 4 is 34.2 Å². The second-order valence-electron chi connectivity index (χ2n) is 4.13. The summed E-state index contributed by atoms with van der Waals surface area (Å²) in [7, 11) is 0. The summed E-state index contributed by atoms with van der Waals surface area (Å²) in [6, 6.07) is 9.83. The van der Waals surface area contributed by atoms with E-state index in [0.717, 1.165) is 9.13 Å². The molecule has 0 aliphatic carbocycles. The number of hydrogen-bond acceptors (Lipinski definition) is 1. The molecule has 1 unspecified atom stereocenters.